The van der Waals surface area contributed by atoms with Gasteiger partial charge in [-0.1, -0.05) is 28.9 Å². The van der Waals surface area contributed by atoms with Gasteiger partial charge in [0.2, 0.25) is 11.5 Å². The van der Waals surface area contributed by atoms with Gasteiger partial charge in [-0.05, 0) is 24.3 Å². The minimum absolute atomic E-state index is 0.0476. The van der Waals surface area contributed by atoms with Gasteiger partial charge in [0, 0.05) is 16.0 Å². The zero-order chi connectivity index (χ0) is 17.8. The van der Waals surface area contributed by atoms with Crippen LogP contribution < -0.4 is 5.73 Å². The quantitative estimate of drug-likeness (QED) is 0.418. The van der Waals surface area contributed by atoms with E-state index in [1.807, 2.05) is 0 Å². The zero-order valence-corrected chi connectivity index (χ0v) is 14.1. The van der Waals surface area contributed by atoms with Crippen molar-refractivity contribution in [3.63, 3.8) is 0 Å². The lowest BCUT2D eigenvalue weighted by molar-refractivity contribution is -0.112. The van der Waals surface area contributed by atoms with E-state index in [1.54, 1.807) is 29.6 Å². The number of rotatable bonds is 5. The summed E-state index contributed by atoms with van der Waals surface area (Å²) in [5.74, 6) is -1.77. The molecule has 0 fully saturated rings. The number of thiazole rings is 1. The van der Waals surface area contributed by atoms with Crippen LogP contribution in [0.15, 0.2) is 57.6 Å². The summed E-state index contributed by atoms with van der Waals surface area (Å²) in [5, 5.41) is 6.08. The van der Waals surface area contributed by atoms with Crippen molar-refractivity contribution in [1.82, 2.24) is 4.98 Å². The molecule has 0 spiro atoms. The van der Waals surface area contributed by atoms with Crippen molar-refractivity contribution >= 4 is 40.5 Å². The van der Waals surface area contributed by atoms with E-state index in [0.717, 1.165) is 16.9 Å². The molecule has 7 nitrogen and oxygen atoms in total. The summed E-state index contributed by atoms with van der Waals surface area (Å²) >= 11 is 7.00. The van der Waals surface area contributed by atoms with Gasteiger partial charge in [-0.15, -0.1) is 11.3 Å². The monoisotopic (exact) mass is 375 g/mol. The van der Waals surface area contributed by atoms with Crippen molar-refractivity contribution in [1.29, 1.82) is 0 Å². The van der Waals surface area contributed by atoms with E-state index in [2.05, 4.69) is 10.1 Å². The van der Waals surface area contributed by atoms with Gasteiger partial charge in [0.15, 0.2) is 5.01 Å². The van der Waals surface area contributed by atoms with Crippen LogP contribution in [0, 0.1) is 0 Å². The molecule has 0 bridgehead atoms. The Bertz CT molecular complexity index is 933. The van der Waals surface area contributed by atoms with Gasteiger partial charge in [-0.25, -0.2) is 9.78 Å². The lowest BCUT2D eigenvalue weighted by atomic mass is 10.2. The van der Waals surface area contributed by atoms with Crippen LogP contribution in [0.3, 0.4) is 0 Å². The third kappa shape index (κ3) is 3.93. The van der Waals surface area contributed by atoms with Gasteiger partial charge in [-0.3, -0.25) is 4.79 Å². The molecule has 0 radical (unpaired) electrons. The molecule has 2 N–H and O–H groups in total. The Morgan fingerprint density at radius 3 is 2.64 bits per heavy atom. The highest BCUT2D eigenvalue weighted by molar-refractivity contribution is 7.13. The molecule has 3 aromatic rings. The first-order chi connectivity index (χ1) is 12.0. The Morgan fingerprint density at radius 1 is 1.24 bits per heavy atom. The van der Waals surface area contributed by atoms with Crippen LogP contribution in [-0.4, -0.2) is 22.6 Å². The number of aromatic nitrogens is 1. The van der Waals surface area contributed by atoms with Crippen LogP contribution in [0.2, 0.25) is 5.02 Å². The summed E-state index contributed by atoms with van der Waals surface area (Å²) in [6.07, 6.45) is 1.31. The number of primary amides is 1. The first kappa shape index (κ1) is 16.9. The van der Waals surface area contributed by atoms with Crippen LogP contribution in [-0.2, 0) is 9.63 Å². The molecule has 3 rings (SSSR count). The van der Waals surface area contributed by atoms with E-state index >= 15 is 0 Å². The third-order valence-electron chi connectivity index (χ3n) is 3.02. The van der Waals surface area contributed by atoms with Crippen LogP contribution in [0.25, 0.3) is 11.3 Å². The fourth-order valence-electron chi connectivity index (χ4n) is 1.85. The van der Waals surface area contributed by atoms with E-state index in [4.69, 9.17) is 26.6 Å². The summed E-state index contributed by atoms with van der Waals surface area (Å²) in [6, 6.07) is 9.96. The topological polar surface area (TPSA) is 108 Å². The summed E-state index contributed by atoms with van der Waals surface area (Å²) < 4.78 is 4.88. The predicted octanol–water partition coefficient (Wildman–Crippen LogP) is 3.10. The maximum absolute atomic E-state index is 11.7. The minimum atomic E-state index is -0.871. The normalized spacial score (nSPS) is 11.3. The van der Waals surface area contributed by atoms with Crippen LogP contribution >= 0.6 is 22.9 Å². The molecule has 126 valence electrons. The van der Waals surface area contributed by atoms with Crippen LogP contribution in [0.1, 0.15) is 15.6 Å². The second-order valence-electron chi connectivity index (χ2n) is 4.70. The van der Waals surface area contributed by atoms with E-state index < -0.39 is 11.9 Å². The molecule has 0 saturated heterocycles. The lowest BCUT2D eigenvalue weighted by Crippen LogP contribution is -2.25. The van der Waals surface area contributed by atoms with Crippen LogP contribution in [0.4, 0.5) is 0 Å². The van der Waals surface area contributed by atoms with Crippen molar-refractivity contribution in [2.24, 2.45) is 10.9 Å². The first-order valence-electron chi connectivity index (χ1n) is 6.89. The highest BCUT2D eigenvalue weighted by atomic mass is 35.5. The first-order valence-corrected chi connectivity index (χ1v) is 8.15. The third-order valence-corrected chi connectivity index (χ3v) is 4.12. The smallest absolute Gasteiger partial charge is 0.400 e. The zero-order valence-electron chi connectivity index (χ0n) is 12.5. The van der Waals surface area contributed by atoms with Crippen molar-refractivity contribution in [2.45, 2.75) is 0 Å². The molecule has 0 unspecified atom stereocenters. The molecular weight excluding hydrogens is 366 g/mol. The number of hydrogen-bond donors (Lipinski definition) is 1. The number of hydrogen-bond acceptors (Lipinski definition) is 7. The highest BCUT2D eigenvalue weighted by Gasteiger charge is 2.19. The summed E-state index contributed by atoms with van der Waals surface area (Å²) in [7, 11) is 0. The number of nitrogens with two attached hydrogens (primary N) is 1. The number of nitrogens with zero attached hydrogens (tertiary/aromatic N) is 2. The molecule has 2 heterocycles. The second kappa shape index (κ2) is 7.29. The largest absolute Gasteiger partial charge is 0.457 e. The van der Waals surface area contributed by atoms with Gasteiger partial charge >= 0.3 is 5.97 Å². The molecule has 0 aliphatic carbocycles. The van der Waals surface area contributed by atoms with Gasteiger partial charge in [0.05, 0.1) is 12.0 Å². The maximum atomic E-state index is 11.7. The van der Waals surface area contributed by atoms with Crippen molar-refractivity contribution in [3.8, 4) is 11.3 Å². The number of carbonyl (C=O) groups excluding carboxylic acids is 2. The van der Waals surface area contributed by atoms with E-state index in [-0.39, 0.29) is 16.5 Å². The Hall–Kier alpha value is -2.97. The second-order valence-corrected chi connectivity index (χ2v) is 6.00. The highest BCUT2D eigenvalue weighted by Crippen LogP contribution is 2.24. The molecular formula is C16H10ClN3O4S. The molecule has 1 amide bonds. The molecule has 2 aromatic heterocycles. The van der Waals surface area contributed by atoms with Crippen molar-refractivity contribution in [2.75, 3.05) is 0 Å². The van der Waals surface area contributed by atoms with E-state index in [0.29, 0.717) is 10.7 Å². The molecule has 0 atom stereocenters. The number of furan rings is 1. The average Bonchev–Trinajstić information content (AvgIpc) is 3.27. The fraction of sp³-hybridized carbons (Fsp3) is 0. The summed E-state index contributed by atoms with van der Waals surface area (Å²) in [6.45, 7) is 0. The summed E-state index contributed by atoms with van der Waals surface area (Å²) in [5.41, 5.74) is 6.47. The molecule has 0 saturated carbocycles. The molecule has 25 heavy (non-hydrogen) atoms. The number of benzene rings is 1. The van der Waals surface area contributed by atoms with Crippen molar-refractivity contribution in [3.05, 3.63) is 63.8 Å². The molecule has 0 aliphatic heterocycles. The van der Waals surface area contributed by atoms with Gasteiger partial charge < -0.3 is 15.0 Å². The summed E-state index contributed by atoms with van der Waals surface area (Å²) in [4.78, 5) is 32.3. The lowest BCUT2D eigenvalue weighted by Gasteiger charge is -1.99. The predicted molar refractivity (Wildman–Crippen MR) is 92.4 cm³/mol. The Morgan fingerprint density at radius 2 is 2.00 bits per heavy atom. The van der Waals surface area contributed by atoms with Crippen molar-refractivity contribution < 1.29 is 18.8 Å². The standard InChI is InChI=1S/C16H10ClN3O4S/c17-10-5-3-9(4-6-10)11-8-25-15(19-11)13(14(18)21)20-24-16(22)12-2-1-7-23-12/h1-8H,(H2,18,21). The van der Waals surface area contributed by atoms with Gasteiger partial charge in [-0.2, -0.15) is 0 Å². The van der Waals surface area contributed by atoms with E-state index in [1.165, 1.54) is 18.4 Å². The Balaban J connectivity index is 1.84. The molecule has 9 heteroatoms. The van der Waals surface area contributed by atoms with E-state index in [9.17, 15) is 9.59 Å². The Labute approximate surface area is 150 Å². The SMILES string of the molecule is NC(=O)C(=NOC(=O)c1ccco1)c1nc(-c2ccc(Cl)cc2)cs1. The number of oxime groups is 1. The number of halogens is 1. The fourth-order valence-corrected chi connectivity index (χ4v) is 2.79. The number of amides is 1. The maximum Gasteiger partial charge on any atom is 0.400 e. The van der Waals surface area contributed by atoms with Gasteiger partial charge in [0.25, 0.3) is 5.91 Å². The number of carbonyl (C=O) groups is 2. The van der Waals surface area contributed by atoms with Crippen LogP contribution in [0.5, 0.6) is 0 Å². The average molecular weight is 376 g/mol. The molecule has 0 aliphatic rings. The molecule has 1 aromatic carbocycles. The minimum Gasteiger partial charge on any atom is -0.457 e. The Kier molecular flexibility index (Phi) is 4.92. The van der Waals surface area contributed by atoms with Gasteiger partial charge in [0.1, 0.15) is 0 Å².